The highest BCUT2D eigenvalue weighted by atomic mass is 16.4. The number of fused-ring (bicyclic) bond motifs is 2. The van der Waals surface area contributed by atoms with E-state index in [4.69, 9.17) is 4.98 Å². The molecular weight excluding hydrogens is 442 g/mol. The predicted octanol–water partition coefficient (Wildman–Crippen LogP) is 4.98. The summed E-state index contributed by atoms with van der Waals surface area (Å²) in [6, 6.07) is 4.05. The van der Waals surface area contributed by atoms with Gasteiger partial charge in [-0.05, 0) is 63.8 Å². The number of hydrogen-bond acceptors (Lipinski definition) is 5. The Balaban J connectivity index is 1.54. The number of nitrogens with one attached hydrogen (secondary N) is 1. The van der Waals surface area contributed by atoms with Gasteiger partial charge in [0, 0.05) is 36.0 Å². The SMILES string of the molecule is Cc1c(-c2[nH]c3ccc(N4CC(N(C(=O)O)C(C)(C)C)C4)nc3c2C(C)C)cn2ncnc2c1C. The first-order valence-corrected chi connectivity index (χ1v) is 12.1. The molecule has 0 saturated carbocycles. The molecule has 35 heavy (non-hydrogen) atoms. The van der Waals surface area contributed by atoms with Crippen LogP contribution in [0.25, 0.3) is 27.9 Å². The third-order valence-corrected chi connectivity index (χ3v) is 7.12. The average molecular weight is 476 g/mol. The third kappa shape index (κ3) is 3.69. The second-order valence-electron chi connectivity index (χ2n) is 10.8. The van der Waals surface area contributed by atoms with E-state index < -0.39 is 11.6 Å². The summed E-state index contributed by atoms with van der Waals surface area (Å²) in [4.78, 5) is 28.6. The Hall–Kier alpha value is -3.62. The Bertz CT molecular complexity index is 1440. The van der Waals surface area contributed by atoms with E-state index >= 15 is 0 Å². The van der Waals surface area contributed by atoms with Crippen LogP contribution < -0.4 is 4.90 Å². The number of amides is 1. The van der Waals surface area contributed by atoms with Crippen molar-refractivity contribution in [3.05, 3.63) is 41.3 Å². The fraction of sp³-hybridized carbons (Fsp3) is 0.462. The number of H-pyrrole nitrogens is 1. The molecule has 0 atom stereocenters. The Morgan fingerprint density at radius 3 is 2.54 bits per heavy atom. The molecule has 0 radical (unpaired) electrons. The summed E-state index contributed by atoms with van der Waals surface area (Å²) in [5, 5.41) is 14.1. The van der Waals surface area contributed by atoms with Gasteiger partial charge in [0.25, 0.3) is 0 Å². The van der Waals surface area contributed by atoms with Crippen molar-refractivity contribution in [2.45, 2.75) is 66.0 Å². The number of anilines is 1. The van der Waals surface area contributed by atoms with Gasteiger partial charge in [-0.2, -0.15) is 5.10 Å². The molecule has 0 unspecified atom stereocenters. The second-order valence-corrected chi connectivity index (χ2v) is 10.8. The number of carboxylic acid groups (broad SMARTS) is 1. The first-order chi connectivity index (χ1) is 16.5. The molecule has 0 aromatic carbocycles. The largest absolute Gasteiger partial charge is 0.465 e. The highest BCUT2D eigenvalue weighted by Crippen LogP contribution is 2.38. The minimum absolute atomic E-state index is 0.0450. The van der Waals surface area contributed by atoms with E-state index in [1.165, 1.54) is 11.1 Å². The van der Waals surface area contributed by atoms with Crippen molar-refractivity contribution in [3.8, 4) is 11.3 Å². The zero-order chi connectivity index (χ0) is 25.2. The van der Waals surface area contributed by atoms with E-state index in [2.05, 4.69) is 53.7 Å². The zero-order valence-electron chi connectivity index (χ0n) is 21.4. The highest BCUT2D eigenvalue weighted by Gasteiger charge is 2.40. The summed E-state index contributed by atoms with van der Waals surface area (Å²) < 4.78 is 1.83. The van der Waals surface area contributed by atoms with Crippen molar-refractivity contribution in [1.82, 2.24) is 29.5 Å². The van der Waals surface area contributed by atoms with E-state index in [1.807, 2.05) is 37.5 Å². The smallest absolute Gasteiger partial charge is 0.408 e. The van der Waals surface area contributed by atoms with Crippen molar-refractivity contribution >= 4 is 28.6 Å². The van der Waals surface area contributed by atoms with Crippen LogP contribution in [0, 0.1) is 13.8 Å². The molecule has 4 aromatic rings. The summed E-state index contributed by atoms with van der Waals surface area (Å²) in [5.41, 5.74) is 7.96. The molecule has 2 N–H and O–H groups in total. The molecule has 0 bridgehead atoms. The van der Waals surface area contributed by atoms with Gasteiger partial charge in [0.15, 0.2) is 5.65 Å². The molecule has 5 heterocycles. The Labute approximate surface area is 204 Å². The first kappa shape index (κ1) is 23.1. The van der Waals surface area contributed by atoms with Crippen LogP contribution in [0.4, 0.5) is 10.6 Å². The molecule has 0 spiro atoms. The molecule has 1 aliphatic rings. The van der Waals surface area contributed by atoms with Gasteiger partial charge in [0.1, 0.15) is 12.1 Å². The monoisotopic (exact) mass is 475 g/mol. The van der Waals surface area contributed by atoms with E-state index in [9.17, 15) is 9.90 Å². The predicted molar refractivity (Wildman–Crippen MR) is 137 cm³/mol. The van der Waals surface area contributed by atoms with Gasteiger partial charge in [-0.15, -0.1) is 0 Å². The van der Waals surface area contributed by atoms with Crippen molar-refractivity contribution in [2.75, 3.05) is 18.0 Å². The molecule has 1 fully saturated rings. The molecule has 184 valence electrons. The molecular formula is C26H33N7O2. The van der Waals surface area contributed by atoms with E-state index in [0.717, 1.165) is 39.3 Å². The molecule has 0 aliphatic carbocycles. The third-order valence-electron chi connectivity index (χ3n) is 7.12. The maximum absolute atomic E-state index is 11.8. The standard InChI is InChI=1S/C26H33N7O2/c1-14(2)21-22(18-12-32-24(27-13-28-32)16(4)15(18)3)29-19-8-9-20(30-23(19)21)31-10-17(11-31)33(25(34)35)26(5,6)7/h8-9,12-14,17,29H,10-11H2,1-7H3,(H,34,35). The van der Waals surface area contributed by atoms with Crippen molar-refractivity contribution in [2.24, 2.45) is 0 Å². The van der Waals surface area contributed by atoms with Crippen LogP contribution in [0.1, 0.15) is 57.2 Å². The number of aromatic nitrogens is 5. The number of aryl methyl sites for hydroxylation is 1. The van der Waals surface area contributed by atoms with Crippen LogP contribution in [0.2, 0.25) is 0 Å². The van der Waals surface area contributed by atoms with Gasteiger partial charge < -0.3 is 15.0 Å². The fourth-order valence-corrected chi connectivity index (χ4v) is 5.28. The van der Waals surface area contributed by atoms with Gasteiger partial charge in [0.05, 0.1) is 22.8 Å². The maximum atomic E-state index is 11.8. The minimum Gasteiger partial charge on any atom is -0.465 e. The first-order valence-electron chi connectivity index (χ1n) is 12.1. The van der Waals surface area contributed by atoms with Crippen LogP contribution in [0.3, 0.4) is 0 Å². The molecule has 1 aliphatic heterocycles. The maximum Gasteiger partial charge on any atom is 0.408 e. The molecule has 9 heteroatoms. The van der Waals surface area contributed by atoms with Crippen LogP contribution >= 0.6 is 0 Å². The quantitative estimate of drug-likeness (QED) is 0.432. The second kappa shape index (κ2) is 7.96. The van der Waals surface area contributed by atoms with Crippen LogP contribution in [0.5, 0.6) is 0 Å². The lowest BCUT2D eigenvalue weighted by molar-refractivity contribution is 0.0601. The minimum atomic E-state index is -0.877. The molecule has 4 aromatic heterocycles. The Kier molecular flexibility index (Phi) is 5.27. The normalized spacial score (nSPS) is 14.8. The molecule has 1 amide bonds. The number of nitrogens with zero attached hydrogens (tertiary/aromatic N) is 6. The number of aromatic amines is 1. The lowest BCUT2D eigenvalue weighted by Gasteiger charge is -2.49. The van der Waals surface area contributed by atoms with Gasteiger partial charge in [-0.25, -0.2) is 19.3 Å². The fourth-order valence-electron chi connectivity index (χ4n) is 5.28. The molecule has 1 saturated heterocycles. The van der Waals surface area contributed by atoms with Crippen molar-refractivity contribution in [1.29, 1.82) is 0 Å². The van der Waals surface area contributed by atoms with Gasteiger partial charge in [-0.3, -0.25) is 4.90 Å². The zero-order valence-corrected chi connectivity index (χ0v) is 21.4. The van der Waals surface area contributed by atoms with Crippen molar-refractivity contribution in [3.63, 3.8) is 0 Å². The summed E-state index contributed by atoms with van der Waals surface area (Å²) >= 11 is 0. The van der Waals surface area contributed by atoms with E-state index in [1.54, 1.807) is 11.2 Å². The van der Waals surface area contributed by atoms with Gasteiger partial charge in [0.2, 0.25) is 0 Å². The number of rotatable bonds is 4. The van der Waals surface area contributed by atoms with E-state index in [0.29, 0.717) is 13.1 Å². The van der Waals surface area contributed by atoms with Crippen LogP contribution in [-0.4, -0.2) is 65.3 Å². The lowest BCUT2D eigenvalue weighted by atomic mass is 9.95. The summed E-state index contributed by atoms with van der Waals surface area (Å²) in [6.45, 7) is 15.6. The topological polar surface area (TPSA) is 103 Å². The average Bonchev–Trinajstić information content (AvgIpc) is 3.35. The van der Waals surface area contributed by atoms with E-state index in [-0.39, 0.29) is 12.0 Å². The Morgan fingerprint density at radius 1 is 1.20 bits per heavy atom. The van der Waals surface area contributed by atoms with Gasteiger partial charge >= 0.3 is 6.09 Å². The highest BCUT2D eigenvalue weighted by molar-refractivity contribution is 5.90. The molecule has 5 rings (SSSR count). The van der Waals surface area contributed by atoms with Crippen LogP contribution in [0.15, 0.2) is 24.7 Å². The lowest BCUT2D eigenvalue weighted by Crippen LogP contribution is -2.65. The summed E-state index contributed by atoms with van der Waals surface area (Å²) in [5.74, 6) is 1.13. The van der Waals surface area contributed by atoms with Crippen molar-refractivity contribution < 1.29 is 9.90 Å². The number of carbonyl (C=O) groups is 1. The summed E-state index contributed by atoms with van der Waals surface area (Å²) in [6.07, 6.45) is 2.74. The number of pyridine rings is 2. The summed E-state index contributed by atoms with van der Waals surface area (Å²) in [7, 11) is 0. The number of hydrogen-bond donors (Lipinski definition) is 2. The van der Waals surface area contributed by atoms with Gasteiger partial charge in [-0.1, -0.05) is 13.8 Å². The molecule has 9 nitrogen and oxygen atoms in total. The Morgan fingerprint density at radius 2 is 1.91 bits per heavy atom. The van der Waals surface area contributed by atoms with Crippen LogP contribution in [-0.2, 0) is 0 Å².